The molecule has 0 aliphatic heterocycles. The Morgan fingerprint density at radius 3 is 1.50 bits per heavy atom. The molecule has 0 amide bonds. The number of hydrogen-bond acceptors (Lipinski definition) is 2. The van der Waals surface area contributed by atoms with Crippen molar-refractivity contribution in [2.45, 2.75) is 0 Å². The molecule has 10 aromatic rings. The fourth-order valence-electron chi connectivity index (χ4n) is 8.17. The van der Waals surface area contributed by atoms with E-state index in [2.05, 4.69) is 223 Å². The van der Waals surface area contributed by atoms with Crippen molar-refractivity contribution in [1.29, 1.82) is 0 Å². The minimum absolute atomic E-state index is 0.852. The molecule has 1 heterocycles. The second kappa shape index (κ2) is 14.4. The summed E-state index contributed by atoms with van der Waals surface area (Å²) < 4.78 is 6.72. The molecule has 0 spiro atoms. The molecule has 0 aliphatic rings. The molecule has 0 saturated carbocycles. The van der Waals surface area contributed by atoms with Crippen LogP contribution in [0.1, 0.15) is 0 Å². The van der Waals surface area contributed by atoms with E-state index in [4.69, 9.17) is 4.42 Å². The Morgan fingerprint density at radius 1 is 0.304 bits per heavy atom. The topological polar surface area (TPSA) is 16.4 Å². The van der Waals surface area contributed by atoms with Gasteiger partial charge in [-0.25, -0.2) is 0 Å². The summed E-state index contributed by atoms with van der Waals surface area (Å²) in [7, 11) is 0. The molecule has 0 unspecified atom stereocenters. The van der Waals surface area contributed by atoms with Gasteiger partial charge in [0.05, 0.1) is 11.4 Å². The van der Waals surface area contributed by atoms with Crippen molar-refractivity contribution in [3.05, 3.63) is 224 Å². The summed E-state index contributed by atoms with van der Waals surface area (Å²) in [6.45, 7) is 0. The van der Waals surface area contributed by atoms with Crippen LogP contribution in [-0.4, -0.2) is 0 Å². The van der Waals surface area contributed by atoms with Gasteiger partial charge in [0.15, 0.2) is 5.58 Å². The molecule has 10 rings (SSSR count). The maximum absolute atomic E-state index is 6.72. The van der Waals surface area contributed by atoms with Crippen LogP contribution in [0.25, 0.3) is 77.6 Å². The van der Waals surface area contributed by atoms with Gasteiger partial charge in [-0.05, 0) is 80.4 Å². The monoisotopic (exact) mass is 715 g/mol. The van der Waals surface area contributed by atoms with Gasteiger partial charge >= 0.3 is 0 Å². The first-order valence-electron chi connectivity index (χ1n) is 19.1. The zero-order valence-electron chi connectivity index (χ0n) is 30.7. The van der Waals surface area contributed by atoms with E-state index in [9.17, 15) is 0 Å². The highest BCUT2D eigenvalue weighted by atomic mass is 16.3. The lowest BCUT2D eigenvalue weighted by atomic mass is 9.84. The number of rotatable bonds is 8. The second-order valence-electron chi connectivity index (χ2n) is 14.0. The first-order valence-corrected chi connectivity index (χ1v) is 19.1. The van der Waals surface area contributed by atoms with E-state index in [1.165, 1.54) is 33.4 Å². The van der Waals surface area contributed by atoms with E-state index in [0.717, 1.165) is 61.3 Å². The van der Waals surface area contributed by atoms with Crippen molar-refractivity contribution in [2.75, 3.05) is 4.90 Å². The standard InChI is InChI=1S/C54H37NO/c1-4-19-38(20-5-1)43-27-10-11-30-48(43)53-45(40-23-8-3-9-24-40)31-17-32-46(53)41-25-16-26-42(37-41)55(50-34-14-12-28-44(50)39-21-6-2-7-22-39)51-35-18-33-49-47-29-13-15-36-52(47)56-54(49)51/h1-37H. The van der Waals surface area contributed by atoms with E-state index in [1.807, 2.05) is 6.07 Å². The minimum atomic E-state index is 0.852. The van der Waals surface area contributed by atoms with Crippen LogP contribution in [0.15, 0.2) is 229 Å². The molecule has 0 radical (unpaired) electrons. The molecule has 0 bridgehead atoms. The first-order chi connectivity index (χ1) is 27.8. The fourth-order valence-corrected chi connectivity index (χ4v) is 8.17. The van der Waals surface area contributed by atoms with Crippen LogP contribution in [0, 0.1) is 0 Å². The maximum atomic E-state index is 6.72. The quantitative estimate of drug-likeness (QED) is 0.156. The molecule has 0 aliphatic carbocycles. The van der Waals surface area contributed by atoms with Crippen LogP contribution in [0.4, 0.5) is 17.1 Å². The fraction of sp³-hybridized carbons (Fsp3) is 0. The maximum Gasteiger partial charge on any atom is 0.159 e. The third-order valence-electron chi connectivity index (χ3n) is 10.7. The first kappa shape index (κ1) is 33.2. The van der Waals surface area contributed by atoms with Crippen LogP contribution in [0.5, 0.6) is 0 Å². The zero-order valence-corrected chi connectivity index (χ0v) is 30.7. The number of para-hydroxylation sites is 3. The lowest BCUT2D eigenvalue weighted by Crippen LogP contribution is -2.11. The van der Waals surface area contributed by atoms with Crippen molar-refractivity contribution in [2.24, 2.45) is 0 Å². The van der Waals surface area contributed by atoms with E-state index < -0.39 is 0 Å². The summed E-state index contributed by atoms with van der Waals surface area (Å²) >= 11 is 0. The molecule has 9 aromatic carbocycles. The predicted molar refractivity (Wildman–Crippen MR) is 236 cm³/mol. The van der Waals surface area contributed by atoms with E-state index >= 15 is 0 Å². The van der Waals surface area contributed by atoms with Gasteiger partial charge in [0.2, 0.25) is 0 Å². The number of hydrogen-bond donors (Lipinski definition) is 0. The molecule has 0 atom stereocenters. The Bertz CT molecular complexity index is 2960. The van der Waals surface area contributed by atoms with Gasteiger partial charge < -0.3 is 9.32 Å². The SMILES string of the molecule is c1ccc(-c2ccccc2-c2c(-c3ccccc3)cccc2-c2cccc(N(c3ccccc3-c3ccccc3)c3cccc4c3oc3ccccc34)c2)cc1. The molecule has 56 heavy (non-hydrogen) atoms. The van der Waals surface area contributed by atoms with Crippen molar-refractivity contribution >= 4 is 39.0 Å². The smallest absolute Gasteiger partial charge is 0.159 e. The predicted octanol–water partition coefficient (Wildman–Crippen LogP) is 15.4. The van der Waals surface area contributed by atoms with Gasteiger partial charge in [0.25, 0.3) is 0 Å². The summed E-state index contributed by atoms with van der Waals surface area (Å²) in [6, 6.07) is 80.0. The van der Waals surface area contributed by atoms with E-state index in [0.29, 0.717) is 0 Å². The van der Waals surface area contributed by atoms with Gasteiger partial charge in [-0.3, -0.25) is 0 Å². The van der Waals surface area contributed by atoms with Crippen LogP contribution < -0.4 is 4.90 Å². The molecule has 1 aromatic heterocycles. The number of fused-ring (bicyclic) bond motifs is 3. The van der Waals surface area contributed by atoms with Crippen molar-refractivity contribution in [3.63, 3.8) is 0 Å². The number of anilines is 3. The average molecular weight is 716 g/mol. The van der Waals surface area contributed by atoms with Gasteiger partial charge in [0.1, 0.15) is 5.58 Å². The molecular weight excluding hydrogens is 679 g/mol. The Hall–Kier alpha value is -7.42. The van der Waals surface area contributed by atoms with E-state index in [-0.39, 0.29) is 0 Å². The Balaban J connectivity index is 1.23. The lowest BCUT2D eigenvalue weighted by molar-refractivity contribution is 0.669. The molecule has 264 valence electrons. The van der Waals surface area contributed by atoms with Gasteiger partial charge in [-0.15, -0.1) is 0 Å². The average Bonchev–Trinajstić information content (AvgIpc) is 3.67. The van der Waals surface area contributed by atoms with E-state index in [1.54, 1.807) is 0 Å². The summed E-state index contributed by atoms with van der Waals surface area (Å²) in [5.41, 5.74) is 16.5. The number of nitrogens with zero attached hydrogens (tertiary/aromatic N) is 1. The third kappa shape index (κ3) is 5.95. The molecular formula is C54H37NO. The zero-order chi connectivity index (χ0) is 37.3. The highest BCUT2D eigenvalue weighted by Crippen LogP contribution is 2.48. The van der Waals surface area contributed by atoms with Gasteiger partial charge in [-0.1, -0.05) is 194 Å². The van der Waals surface area contributed by atoms with Crippen LogP contribution in [0.3, 0.4) is 0 Å². The Kier molecular flexibility index (Phi) is 8.55. The van der Waals surface area contributed by atoms with Crippen LogP contribution in [-0.2, 0) is 0 Å². The largest absolute Gasteiger partial charge is 0.454 e. The van der Waals surface area contributed by atoms with Crippen LogP contribution >= 0.6 is 0 Å². The van der Waals surface area contributed by atoms with Gasteiger partial charge in [0, 0.05) is 22.0 Å². The minimum Gasteiger partial charge on any atom is -0.454 e. The molecule has 0 fully saturated rings. The normalized spacial score (nSPS) is 11.2. The summed E-state index contributed by atoms with van der Waals surface area (Å²) in [4.78, 5) is 2.37. The summed E-state index contributed by atoms with van der Waals surface area (Å²) in [5, 5.41) is 2.20. The van der Waals surface area contributed by atoms with Crippen molar-refractivity contribution < 1.29 is 4.42 Å². The van der Waals surface area contributed by atoms with Gasteiger partial charge in [-0.2, -0.15) is 0 Å². The second-order valence-corrected chi connectivity index (χ2v) is 14.0. The summed E-state index contributed by atoms with van der Waals surface area (Å²) in [5.74, 6) is 0. The number of benzene rings is 9. The van der Waals surface area contributed by atoms with Crippen molar-refractivity contribution in [1.82, 2.24) is 0 Å². The lowest BCUT2D eigenvalue weighted by Gasteiger charge is -2.28. The molecule has 0 N–H and O–H groups in total. The molecule has 2 nitrogen and oxygen atoms in total. The highest BCUT2D eigenvalue weighted by Gasteiger charge is 2.23. The third-order valence-corrected chi connectivity index (χ3v) is 10.7. The Labute approximate surface area is 327 Å². The van der Waals surface area contributed by atoms with Crippen molar-refractivity contribution in [3.8, 4) is 55.6 Å². The Morgan fingerprint density at radius 2 is 0.768 bits per heavy atom. The number of furan rings is 1. The van der Waals surface area contributed by atoms with Crippen LogP contribution in [0.2, 0.25) is 0 Å². The highest BCUT2D eigenvalue weighted by molar-refractivity contribution is 6.11. The molecule has 2 heteroatoms. The summed E-state index contributed by atoms with van der Waals surface area (Å²) in [6.07, 6.45) is 0. The molecule has 0 saturated heterocycles.